The summed E-state index contributed by atoms with van der Waals surface area (Å²) in [6.45, 7) is 8.34. The van der Waals surface area contributed by atoms with E-state index in [1.54, 1.807) is 11.3 Å². The van der Waals surface area contributed by atoms with Crippen molar-refractivity contribution < 1.29 is 4.79 Å². The second kappa shape index (κ2) is 10.0. The Kier molecular flexibility index (Phi) is 7.18. The molecule has 0 radical (unpaired) electrons. The molecule has 2 aromatic rings. The number of hydrogen-bond donors (Lipinski definition) is 0. The molecule has 1 amide bonds. The number of likely N-dealkylation sites (tertiary alicyclic amines) is 2. The lowest BCUT2D eigenvalue weighted by Gasteiger charge is -2.42. The molecule has 0 saturated carbocycles. The van der Waals surface area contributed by atoms with E-state index >= 15 is 0 Å². The van der Waals surface area contributed by atoms with Gasteiger partial charge in [-0.1, -0.05) is 0 Å². The van der Waals surface area contributed by atoms with Crippen molar-refractivity contribution in [3.05, 3.63) is 52.0 Å². The molecule has 5 nitrogen and oxygen atoms in total. The van der Waals surface area contributed by atoms with E-state index in [1.807, 2.05) is 42.9 Å². The summed E-state index contributed by atoms with van der Waals surface area (Å²) in [7, 11) is 2.23. The maximum absolute atomic E-state index is 13.4. The van der Waals surface area contributed by atoms with Crippen LogP contribution in [0.25, 0.3) is 0 Å². The SMILES string of the molecule is Cc1ccsc1C(=O)N(Cc1ccncc1)CC1CCN(C2CCN(C)CC2)CC1. The minimum absolute atomic E-state index is 0.178. The molecule has 2 aromatic heterocycles. The summed E-state index contributed by atoms with van der Waals surface area (Å²) in [6.07, 6.45) is 8.60. The third kappa shape index (κ3) is 5.29. The van der Waals surface area contributed by atoms with E-state index in [1.165, 1.54) is 51.9 Å². The van der Waals surface area contributed by atoms with Crippen LogP contribution in [0.3, 0.4) is 0 Å². The molecule has 2 saturated heterocycles. The number of thiophene rings is 1. The molecule has 30 heavy (non-hydrogen) atoms. The first-order valence-corrected chi connectivity index (χ1v) is 12.1. The van der Waals surface area contributed by atoms with Crippen LogP contribution in [0.1, 0.15) is 46.5 Å². The Labute approximate surface area is 184 Å². The molecule has 0 unspecified atom stereocenters. The maximum atomic E-state index is 13.4. The summed E-state index contributed by atoms with van der Waals surface area (Å²) in [5, 5.41) is 2.02. The van der Waals surface area contributed by atoms with E-state index < -0.39 is 0 Å². The lowest BCUT2D eigenvalue weighted by atomic mass is 9.93. The normalized spacial score (nSPS) is 19.8. The van der Waals surface area contributed by atoms with Gasteiger partial charge < -0.3 is 14.7 Å². The van der Waals surface area contributed by atoms with Gasteiger partial charge in [0.1, 0.15) is 0 Å². The fraction of sp³-hybridized carbons (Fsp3) is 0.583. The molecule has 6 heteroatoms. The number of rotatable bonds is 6. The number of pyridine rings is 1. The van der Waals surface area contributed by atoms with Crippen molar-refractivity contribution in [2.75, 3.05) is 39.8 Å². The van der Waals surface area contributed by atoms with Gasteiger partial charge in [0.2, 0.25) is 0 Å². The number of nitrogens with zero attached hydrogens (tertiary/aromatic N) is 4. The van der Waals surface area contributed by atoms with Crippen LogP contribution in [-0.2, 0) is 6.54 Å². The number of aryl methyl sites for hydroxylation is 1. The quantitative estimate of drug-likeness (QED) is 0.702. The zero-order valence-electron chi connectivity index (χ0n) is 18.3. The van der Waals surface area contributed by atoms with E-state index in [0.29, 0.717) is 12.5 Å². The summed E-state index contributed by atoms with van der Waals surface area (Å²) >= 11 is 1.56. The van der Waals surface area contributed by atoms with Crippen LogP contribution in [0.5, 0.6) is 0 Å². The zero-order valence-corrected chi connectivity index (χ0v) is 19.1. The highest BCUT2D eigenvalue weighted by molar-refractivity contribution is 7.12. The van der Waals surface area contributed by atoms with Crippen LogP contribution < -0.4 is 0 Å². The standard InChI is InChI=1S/C24H34N4OS/c1-19-9-16-30-23(19)24(29)28(17-20-3-10-25-11-4-20)18-21-5-14-27(15-6-21)22-7-12-26(2)13-8-22/h3-4,9-11,16,21-22H,5-8,12-15,17-18H2,1-2H3. The molecule has 2 fully saturated rings. The molecule has 0 N–H and O–H groups in total. The fourth-order valence-corrected chi connectivity index (χ4v) is 5.73. The predicted molar refractivity (Wildman–Crippen MR) is 123 cm³/mol. The van der Waals surface area contributed by atoms with E-state index in [4.69, 9.17) is 0 Å². The second-order valence-electron chi connectivity index (χ2n) is 8.99. The van der Waals surface area contributed by atoms with Crippen molar-refractivity contribution in [1.29, 1.82) is 0 Å². The summed E-state index contributed by atoms with van der Waals surface area (Å²) < 4.78 is 0. The van der Waals surface area contributed by atoms with Crippen molar-refractivity contribution in [2.24, 2.45) is 5.92 Å². The highest BCUT2D eigenvalue weighted by atomic mass is 32.1. The number of carbonyl (C=O) groups excluding carboxylic acids is 1. The minimum atomic E-state index is 0.178. The van der Waals surface area contributed by atoms with Crippen LogP contribution in [0.15, 0.2) is 36.0 Å². The summed E-state index contributed by atoms with van der Waals surface area (Å²) in [4.78, 5) is 25.6. The second-order valence-corrected chi connectivity index (χ2v) is 9.90. The van der Waals surface area contributed by atoms with Crippen molar-refractivity contribution in [3.8, 4) is 0 Å². The van der Waals surface area contributed by atoms with Crippen LogP contribution >= 0.6 is 11.3 Å². The van der Waals surface area contributed by atoms with E-state index in [0.717, 1.165) is 28.6 Å². The average molecular weight is 427 g/mol. The van der Waals surface area contributed by atoms with E-state index in [-0.39, 0.29) is 5.91 Å². The van der Waals surface area contributed by atoms with Crippen molar-refractivity contribution in [2.45, 2.75) is 45.2 Å². The average Bonchev–Trinajstić information content (AvgIpc) is 3.20. The lowest BCUT2D eigenvalue weighted by Crippen LogP contribution is -2.48. The van der Waals surface area contributed by atoms with Gasteiger partial charge in [0.15, 0.2) is 0 Å². The summed E-state index contributed by atoms with van der Waals surface area (Å²) in [6, 6.07) is 6.84. The van der Waals surface area contributed by atoms with Crippen LogP contribution in [0, 0.1) is 12.8 Å². The molecule has 162 valence electrons. The molecule has 0 spiro atoms. The Morgan fingerprint density at radius 2 is 1.80 bits per heavy atom. The maximum Gasteiger partial charge on any atom is 0.264 e. The van der Waals surface area contributed by atoms with Gasteiger partial charge in [-0.15, -0.1) is 11.3 Å². The summed E-state index contributed by atoms with van der Waals surface area (Å²) in [5.41, 5.74) is 2.23. The molecule has 0 atom stereocenters. The van der Waals surface area contributed by atoms with Gasteiger partial charge in [-0.2, -0.15) is 0 Å². The first kappa shape index (κ1) is 21.5. The van der Waals surface area contributed by atoms with Gasteiger partial charge in [-0.3, -0.25) is 9.78 Å². The topological polar surface area (TPSA) is 39.7 Å². The third-order valence-electron chi connectivity index (χ3n) is 6.80. The molecular weight excluding hydrogens is 392 g/mol. The third-order valence-corrected chi connectivity index (χ3v) is 7.80. The van der Waals surface area contributed by atoms with Gasteiger partial charge in [-0.25, -0.2) is 0 Å². The van der Waals surface area contributed by atoms with Gasteiger partial charge >= 0.3 is 0 Å². The van der Waals surface area contributed by atoms with Gasteiger partial charge in [-0.05, 0) is 106 Å². The van der Waals surface area contributed by atoms with Crippen molar-refractivity contribution >= 4 is 17.2 Å². The molecule has 4 rings (SSSR count). The van der Waals surface area contributed by atoms with Gasteiger partial charge in [0.25, 0.3) is 5.91 Å². The lowest BCUT2D eigenvalue weighted by molar-refractivity contribution is 0.0590. The first-order chi connectivity index (χ1) is 14.6. The molecule has 2 aliphatic rings. The van der Waals surface area contributed by atoms with Crippen molar-refractivity contribution in [3.63, 3.8) is 0 Å². The minimum Gasteiger partial charge on any atom is -0.333 e. The van der Waals surface area contributed by atoms with E-state index in [9.17, 15) is 4.79 Å². The summed E-state index contributed by atoms with van der Waals surface area (Å²) in [5.74, 6) is 0.760. The van der Waals surface area contributed by atoms with Crippen LogP contribution in [-0.4, -0.2) is 71.4 Å². The van der Waals surface area contributed by atoms with Crippen molar-refractivity contribution in [1.82, 2.24) is 19.7 Å². The van der Waals surface area contributed by atoms with Crippen LogP contribution in [0.4, 0.5) is 0 Å². The Morgan fingerprint density at radius 3 is 2.43 bits per heavy atom. The van der Waals surface area contributed by atoms with Gasteiger partial charge in [0, 0.05) is 31.5 Å². The predicted octanol–water partition coefficient (Wildman–Crippen LogP) is 3.90. The Bertz CT molecular complexity index is 808. The Balaban J connectivity index is 1.38. The van der Waals surface area contributed by atoms with E-state index in [2.05, 4.69) is 26.7 Å². The number of aromatic nitrogens is 1. The molecule has 0 bridgehead atoms. The largest absolute Gasteiger partial charge is 0.333 e. The number of piperidine rings is 2. The van der Waals surface area contributed by atoms with Crippen LogP contribution in [0.2, 0.25) is 0 Å². The molecule has 2 aliphatic heterocycles. The number of hydrogen-bond acceptors (Lipinski definition) is 5. The molecule has 4 heterocycles. The number of amides is 1. The monoisotopic (exact) mass is 426 g/mol. The van der Waals surface area contributed by atoms with Gasteiger partial charge in [0.05, 0.1) is 4.88 Å². The molecule has 0 aliphatic carbocycles. The highest BCUT2D eigenvalue weighted by Gasteiger charge is 2.29. The first-order valence-electron chi connectivity index (χ1n) is 11.2. The molecule has 0 aromatic carbocycles. The Morgan fingerprint density at radius 1 is 1.10 bits per heavy atom. The Hall–Kier alpha value is -1.76. The zero-order chi connectivity index (χ0) is 20.9. The highest BCUT2D eigenvalue weighted by Crippen LogP contribution is 2.26. The smallest absolute Gasteiger partial charge is 0.264 e. The molecular formula is C24H34N4OS. The number of carbonyl (C=O) groups is 1. The fourth-order valence-electron chi connectivity index (χ4n) is 4.84.